The molecule has 0 unspecified atom stereocenters. The molecule has 2 rings (SSSR count). The lowest BCUT2D eigenvalue weighted by molar-refractivity contribution is 0.0523. The second-order valence-electron chi connectivity index (χ2n) is 4.57. The molecular weight excluding hydrogens is 290 g/mol. The van der Waals surface area contributed by atoms with Crippen LogP contribution in [0.25, 0.3) is 11.3 Å². The fraction of sp³-hybridized carbons (Fsp3) is 0.312. The van der Waals surface area contributed by atoms with Crippen LogP contribution in [0.15, 0.2) is 34.7 Å². The zero-order valence-electron chi connectivity index (χ0n) is 11.9. The highest BCUT2D eigenvalue weighted by atomic mass is 35.5. The first-order chi connectivity index (χ1) is 10.2. The third-order valence-corrected chi connectivity index (χ3v) is 3.29. The van der Waals surface area contributed by atoms with E-state index in [2.05, 4.69) is 0 Å². The Morgan fingerprint density at radius 3 is 2.67 bits per heavy atom. The minimum absolute atomic E-state index is 0.330. The zero-order valence-corrected chi connectivity index (χ0v) is 12.7. The Morgan fingerprint density at radius 1 is 1.33 bits per heavy atom. The van der Waals surface area contributed by atoms with Gasteiger partial charge in [-0.05, 0) is 50.2 Å². The van der Waals surface area contributed by atoms with Gasteiger partial charge in [0.15, 0.2) is 0 Å². The molecule has 0 bridgehead atoms. The highest BCUT2D eigenvalue weighted by Crippen LogP contribution is 2.28. The summed E-state index contributed by atoms with van der Waals surface area (Å²) in [4.78, 5) is 12.0. The SMILES string of the molecule is CCOC(=O)c1cc(-c2ccc(Cl)cc2)oc1CCCN. The van der Waals surface area contributed by atoms with Crippen molar-refractivity contribution < 1.29 is 13.9 Å². The molecule has 1 aromatic carbocycles. The van der Waals surface area contributed by atoms with Gasteiger partial charge in [0, 0.05) is 17.0 Å². The van der Waals surface area contributed by atoms with Crippen molar-refractivity contribution in [3.05, 3.63) is 46.7 Å². The van der Waals surface area contributed by atoms with Gasteiger partial charge in [-0.2, -0.15) is 0 Å². The maximum absolute atomic E-state index is 12.0. The lowest BCUT2D eigenvalue weighted by atomic mass is 10.1. The van der Waals surface area contributed by atoms with E-state index in [9.17, 15) is 4.79 Å². The standard InChI is InChI=1S/C16H18ClNO3/c1-2-20-16(19)13-10-15(21-14(13)4-3-9-18)11-5-7-12(17)8-6-11/h5-8,10H,2-4,9,18H2,1H3. The van der Waals surface area contributed by atoms with E-state index in [0.717, 1.165) is 12.0 Å². The number of furan rings is 1. The minimum atomic E-state index is -0.367. The predicted octanol–water partition coefficient (Wildman–Crippen LogP) is 3.67. The molecule has 2 N–H and O–H groups in total. The maximum atomic E-state index is 12.0. The summed E-state index contributed by atoms with van der Waals surface area (Å²) in [5.41, 5.74) is 6.86. The van der Waals surface area contributed by atoms with Crippen molar-refractivity contribution >= 4 is 17.6 Å². The summed E-state index contributed by atoms with van der Waals surface area (Å²) in [6.07, 6.45) is 1.36. The van der Waals surface area contributed by atoms with Crippen molar-refractivity contribution in [2.45, 2.75) is 19.8 Å². The molecule has 0 spiro atoms. The van der Waals surface area contributed by atoms with Crippen LogP contribution in [-0.4, -0.2) is 19.1 Å². The molecule has 112 valence electrons. The molecule has 2 aromatic rings. The van der Waals surface area contributed by atoms with Gasteiger partial charge in [-0.15, -0.1) is 0 Å². The lowest BCUT2D eigenvalue weighted by Crippen LogP contribution is -2.07. The summed E-state index contributed by atoms with van der Waals surface area (Å²) < 4.78 is 10.9. The Bertz CT molecular complexity index is 604. The summed E-state index contributed by atoms with van der Waals surface area (Å²) in [6.45, 7) is 2.65. The van der Waals surface area contributed by atoms with Crippen LogP contribution < -0.4 is 5.73 Å². The van der Waals surface area contributed by atoms with Crippen molar-refractivity contribution in [2.75, 3.05) is 13.2 Å². The van der Waals surface area contributed by atoms with Gasteiger partial charge in [0.05, 0.1) is 6.61 Å². The van der Waals surface area contributed by atoms with Gasteiger partial charge in [-0.1, -0.05) is 11.6 Å². The number of benzene rings is 1. The Kier molecular flexibility index (Phi) is 5.42. The Labute approximate surface area is 128 Å². The molecular formula is C16H18ClNO3. The number of ether oxygens (including phenoxy) is 1. The number of nitrogens with two attached hydrogens (primary N) is 1. The molecule has 4 nitrogen and oxygen atoms in total. The Hall–Kier alpha value is -1.78. The number of halogens is 1. The molecule has 0 saturated heterocycles. The number of hydrogen-bond acceptors (Lipinski definition) is 4. The van der Waals surface area contributed by atoms with Gasteiger partial charge >= 0.3 is 5.97 Å². The first-order valence-electron chi connectivity index (χ1n) is 6.91. The highest BCUT2D eigenvalue weighted by Gasteiger charge is 2.19. The van der Waals surface area contributed by atoms with Crippen LogP contribution in [0, 0.1) is 0 Å². The van der Waals surface area contributed by atoms with Gasteiger partial charge in [-0.3, -0.25) is 0 Å². The van der Waals surface area contributed by atoms with Gasteiger partial charge in [0.1, 0.15) is 17.1 Å². The van der Waals surface area contributed by atoms with E-state index in [0.29, 0.717) is 41.7 Å². The predicted molar refractivity (Wildman–Crippen MR) is 82.5 cm³/mol. The molecule has 5 heteroatoms. The van der Waals surface area contributed by atoms with Gasteiger partial charge in [0.2, 0.25) is 0 Å². The minimum Gasteiger partial charge on any atom is -0.462 e. The van der Waals surface area contributed by atoms with Crippen LogP contribution in [-0.2, 0) is 11.2 Å². The van der Waals surface area contributed by atoms with Crippen molar-refractivity contribution in [3.63, 3.8) is 0 Å². The van der Waals surface area contributed by atoms with Crippen molar-refractivity contribution in [1.29, 1.82) is 0 Å². The summed E-state index contributed by atoms with van der Waals surface area (Å²) >= 11 is 5.88. The number of hydrogen-bond donors (Lipinski definition) is 1. The van der Waals surface area contributed by atoms with Crippen molar-refractivity contribution in [2.24, 2.45) is 5.73 Å². The van der Waals surface area contributed by atoms with E-state index in [4.69, 9.17) is 26.5 Å². The van der Waals surface area contributed by atoms with Gasteiger partial charge in [-0.25, -0.2) is 4.79 Å². The fourth-order valence-electron chi connectivity index (χ4n) is 2.02. The second-order valence-corrected chi connectivity index (χ2v) is 5.00. The van der Waals surface area contributed by atoms with Crippen molar-refractivity contribution in [3.8, 4) is 11.3 Å². The molecule has 0 amide bonds. The molecule has 0 aliphatic rings. The van der Waals surface area contributed by atoms with Gasteiger partial charge in [0.25, 0.3) is 0 Å². The number of carbonyl (C=O) groups excluding carboxylic acids is 1. The summed E-state index contributed by atoms with van der Waals surface area (Å²) in [5, 5.41) is 0.652. The van der Waals surface area contributed by atoms with Crippen LogP contribution in [0.4, 0.5) is 0 Å². The summed E-state index contributed by atoms with van der Waals surface area (Å²) in [6, 6.07) is 8.98. The molecule has 0 aliphatic heterocycles. The molecule has 0 fully saturated rings. The molecule has 21 heavy (non-hydrogen) atoms. The number of carbonyl (C=O) groups is 1. The van der Waals surface area contributed by atoms with Crippen LogP contribution in [0.5, 0.6) is 0 Å². The monoisotopic (exact) mass is 307 g/mol. The largest absolute Gasteiger partial charge is 0.462 e. The van der Waals surface area contributed by atoms with E-state index in [1.54, 1.807) is 25.1 Å². The average Bonchev–Trinajstić information content (AvgIpc) is 2.90. The summed E-state index contributed by atoms with van der Waals surface area (Å²) in [7, 11) is 0. The fourth-order valence-corrected chi connectivity index (χ4v) is 2.14. The van der Waals surface area contributed by atoms with E-state index in [-0.39, 0.29) is 5.97 Å². The molecule has 0 atom stereocenters. The normalized spacial score (nSPS) is 10.6. The van der Waals surface area contributed by atoms with Crippen LogP contribution in [0.2, 0.25) is 5.02 Å². The molecule has 0 saturated carbocycles. The van der Waals surface area contributed by atoms with Gasteiger partial charge < -0.3 is 14.9 Å². The third-order valence-electron chi connectivity index (χ3n) is 3.04. The smallest absolute Gasteiger partial charge is 0.341 e. The van der Waals surface area contributed by atoms with Crippen LogP contribution >= 0.6 is 11.6 Å². The molecule has 0 radical (unpaired) electrons. The first-order valence-corrected chi connectivity index (χ1v) is 7.29. The zero-order chi connectivity index (χ0) is 15.2. The molecule has 0 aliphatic carbocycles. The average molecular weight is 308 g/mol. The molecule has 1 heterocycles. The Morgan fingerprint density at radius 2 is 2.05 bits per heavy atom. The lowest BCUT2D eigenvalue weighted by Gasteiger charge is -2.01. The van der Waals surface area contributed by atoms with Crippen molar-refractivity contribution in [1.82, 2.24) is 0 Å². The second kappa shape index (κ2) is 7.29. The van der Waals surface area contributed by atoms with E-state index >= 15 is 0 Å². The van der Waals surface area contributed by atoms with Crippen LogP contribution in [0.3, 0.4) is 0 Å². The Balaban J connectivity index is 2.34. The van der Waals surface area contributed by atoms with E-state index in [1.165, 1.54) is 0 Å². The topological polar surface area (TPSA) is 65.5 Å². The van der Waals surface area contributed by atoms with Crippen LogP contribution in [0.1, 0.15) is 29.5 Å². The quantitative estimate of drug-likeness (QED) is 0.827. The van der Waals surface area contributed by atoms with E-state index in [1.807, 2.05) is 12.1 Å². The first kappa shape index (κ1) is 15.6. The highest BCUT2D eigenvalue weighted by molar-refractivity contribution is 6.30. The number of rotatable bonds is 6. The summed E-state index contributed by atoms with van der Waals surface area (Å²) in [5.74, 6) is 0.874. The molecule has 1 aromatic heterocycles. The maximum Gasteiger partial charge on any atom is 0.341 e. The van der Waals surface area contributed by atoms with E-state index < -0.39 is 0 Å². The number of esters is 1. The number of aryl methyl sites for hydroxylation is 1. The third kappa shape index (κ3) is 3.86.